The molecule has 0 aromatic heterocycles. The number of benzene rings is 1. The van der Waals surface area contributed by atoms with Gasteiger partial charge in [-0.15, -0.1) is 0 Å². The summed E-state index contributed by atoms with van der Waals surface area (Å²) in [6.07, 6.45) is 5.60. The molecule has 0 radical (unpaired) electrons. The Balaban J connectivity index is 2.45. The van der Waals surface area contributed by atoms with Crippen molar-refractivity contribution in [3.05, 3.63) is 41.5 Å². The van der Waals surface area contributed by atoms with Gasteiger partial charge in [0.1, 0.15) is 0 Å². The van der Waals surface area contributed by atoms with Gasteiger partial charge in [-0.25, -0.2) is 0 Å². The summed E-state index contributed by atoms with van der Waals surface area (Å²) < 4.78 is 0. The normalized spacial score (nSPS) is 10.8. The smallest absolute Gasteiger partial charge is 0.303 e. The van der Waals surface area contributed by atoms with Crippen LogP contribution in [0.5, 0.6) is 0 Å². The number of carbonyl (C=O) groups is 2. The SMILES string of the molecule is CC(=O)SCCC=Cc1cccc(CCC(=O)O)c1. The Bertz CT molecular complexity index is 466. The monoisotopic (exact) mass is 278 g/mol. The van der Waals surface area contributed by atoms with Crippen molar-refractivity contribution in [2.24, 2.45) is 0 Å². The van der Waals surface area contributed by atoms with Crippen LogP contribution in [0.25, 0.3) is 6.08 Å². The molecule has 3 nitrogen and oxygen atoms in total. The third-order valence-corrected chi connectivity index (χ3v) is 3.33. The molecule has 0 aliphatic carbocycles. The van der Waals surface area contributed by atoms with E-state index in [0.29, 0.717) is 6.42 Å². The molecule has 0 heterocycles. The average molecular weight is 278 g/mol. The number of aliphatic carboxylic acids is 1. The van der Waals surface area contributed by atoms with Gasteiger partial charge in [-0.1, -0.05) is 48.2 Å². The lowest BCUT2D eigenvalue weighted by Crippen LogP contribution is -1.97. The van der Waals surface area contributed by atoms with Crippen molar-refractivity contribution < 1.29 is 14.7 Å². The van der Waals surface area contributed by atoms with Crippen LogP contribution in [0.1, 0.15) is 30.9 Å². The molecular weight excluding hydrogens is 260 g/mol. The number of carboxylic acid groups (broad SMARTS) is 1. The summed E-state index contributed by atoms with van der Waals surface area (Å²) in [5, 5.41) is 8.79. The molecule has 102 valence electrons. The van der Waals surface area contributed by atoms with Crippen LogP contribution in [-0.2, 0) is 16.0 Å². The van der Waals surface area contributed by atoms with Crippen LogP contribution in [0.4, 0.5) is 0 Å². The van der Waals surface area contributed by atoms with Gasteiger partial charge < -0.3 is 5.11 Å². The fourth-order valence-corrected chi connectivity index (χ4v) is 2.14. The molecule has 0 amide bonds. The molecule has 19 heavy (non-hydrogen) atoms. The first-order valence-electron chi connectivity index (χ1n) is 6.18. The number of rotatable bonds is 7. The highest BCUT2D eigenvalue weighted by atomic mass is 32.2. The molecule has 0 saturated carbocycles. The summed E-state index contributed by atoms with van der Waals surface area (Å²) in [5.74, 6) is 0.0204. The molecule has 1 N–H and O–H groups in total. The number of carboxylic acids is 1. The number of thioether (sulfide) groups is 1. The zero-order valence-electron chi connectivity index (χ0n) is 11.0. The first kappa shape index (κ1) is 15.5. The Morgan fingerprint density at radius 3 is 2.84 bits per heavy atom. The lowest BCUT2D eigenvalue weighted by Gasteiger charge is -2.00. The van der Waals surface area contributed by atoms with Gasteiger partial charge in [0.2, 0.25) is 0 Å². The van der Waals surface area contributed by atoms with Gasteiger partial charge in [0.25, 0.3) is 0 Å². The highest BCUT2D eigenvalue weighted by molar-refractivity contribution is 8.13. The topological polar surface area (TPSA) is 54.4 Å². The number of carbonyl (C=O) groups excluding carboxylic acids is 1. The summed E-state index contributed by atoms with van der Waals surface area (Å²) in [7, 11) is 0. The van der Waals surface area contributed by atoms with E-state index in [4.69, 9.17) is 5.11 Å². The molecular formula is C15H18O3S. The minimum absolute atomic E-state index is 0.143. The Hall–Kier alpha value is -1.55. The quantitative estimate of drug-likeness (QED) is 0.777. The fourth-order valence-electron chi connectivity index (χ4n) is 1.59. The molecule has 0 fully saturated rings. The molecule has 1 aromatic carbocycles. The second-order valence-corrected chi connectivity index (χ2v) is 5.44. The molecule has 0 bridgehead atoms. The van der Waals surface area contributed by atoms with Gasteiger partial charge in [-0.3, -0.25) is 9.59 Å². The Labute approximate surface area is 117 Å². The standard InChI is InChI=1S/C15H18O3S/c1-12(16)19-10-3-2-5-13-6-4-7-14(11-13)8-9-15(17)18/h2,4-7,11H,3,8-10H2,1H3,(H,17,18). The van der Waals surface area contributed by atoms with E-state index >= 15 is 0 Å². The van der Waals surface area contributed by atoms with Crippen molar-refractivity contribution in [3.8, 4) is 0 Å². The second-order valence-electron chi connectivity index (χ2n) is 4.17. The first-order chi connectivity index (χ1) is 9.08. The summed E-state index contributed by atoms with van der Waals surface area (Å²) in [6.45, 7) is 1.57. The zero-order chi connectivity index (χ0) is 14.1. The number of aryl methyl sites for hydroxylation is 1. The molecule has 1 aromatic rings. The first-order valence-corrected chi connectivity index (χ1v) is 7.17. The lowest BCUT2D eigenvalue weighted by molar-refractivity contribution is -0.137. The lowest BCUT2D eigenvalue weighted by atomic mass is 10.1. The third kappa shape index (κ3) is 7.47. The maximum absolute atomic E-state index is 10.7. The van der Waals surface area contributed by atoms with Gasteiger partial charge in [-0.05, 0) is 24.0 Å². The predicted octanol–water partition coefficient (Wildman–Crippen LogP) is 3.39. The molecule has 0 unspecified atom stereocenters. The van der Waals surface area contributed by atoms with Crippen LogP contribution in [0.3, 0.4) is 0 Å². The zero-order valence-corrected chi connectivity index (χ0v) is 11.8. The maximum Gasteiger partial charge on any atom is 0.303 e. The van der Waals surface area contributed by atoms with Crippen molar-refractivity contribution in [3.63, 3.8) is 0 Å². The van der Waals surface area contributed by atoms with Crippen LogP contribution in [0.2, 0.25) is 0 Å². The van der Waals surface area contributed by atoms with E-state index in [1.807, 2.05) is 36.4 Å². The fraction of sp³-hybridized carbons (Fsp3) is 0.333. The van der Waals surface area contributed by atoms with Gasteiger partial charge in [0.15, 0.2) is 5.12 Å². The van der Waals surface area contributed by atoms with Crippen LogP contribution < -0.4 is 0 Å². The number of allylic oxidation sites excluding steroid dienone is 1. The van der Waals surface area contributed by atoms with Crippen molar-refractivity contribution in [1.29, 1.82) is 0 Å². The molecule has 0 saturated heterocycles. The molecule has 1 rings (SSSR count). The predicted molar refractivity (Wildman–Crippen MR) is 79.2 cm³/mol. The van der Waals surface area contributed by atoms with Crippen molar-refractivity contribution >= 4 is 28.9 Å². The van der Waals surface area contributed by atoms with E-state index in [0.717, 1.165) is 23.3 Å². The summed E-state index contributed by atoms with van der Waals surface area (Å²) >= 11 is 1.33. The summed E-state index contributed by atoms with van der Waals surface area (Å²) in [5.41, 5.74) is 2.10. The highest BCUT2D eigenvalue weighted by Gasteiger charge is 1.99. The molecule has 0 spiro atoms. The molecule has 0 aliphatic heterocycles. The van der Waals surface area contributed by atoms with Crippen molar-refractivity contribution in [2.75, 3.05) is 5.75 Å². The molecule has 0 atom stereocenters. The van der Waals surface area contributed by atoms with E-state index in [2.05, 4.69) is 0 Å². The Kier molecular flexibility index (Phi) is 6.97. The maximum atomic E-state index is 10.7. The molecule has 4 heteroatoms. The van der Waals surface area contributed by atoms with Crippen molar-refractivity contribution in [1.82, 2.24) is 0 Å². The largest absolute Gasteiger partial charge is 0.481 e. The Morgan fingerprint density at radius 2 is 2.16 bits per heavy atom. The van der Waals surface area contributed by atoms with E-state index in [1.165, 1.54) is 11.8 Å². The minimum Gasteiger partial charge on any atom is -0.481 e. The van der Waals surface area contributed by atoms with Gasteiger partial charge in [0, 0.05) is 19.1 Å². The summed E-state index contributed by atoms with van der Waals surface area (Å²) in [6, 6.07) is 7.85. The third-order valence-electron chi connectivity index (χ3n) is 2.48. The number of hydrogen-bond donors (Lipinski definition) is 1. The van der Waals surface area contributed by atoms with E-state index in [1.54, 1.807) is 6.92 Å². The van der Waals surface area contributed by atoms with E-state index < -0.39 is 5.97 Å². The minimum atomic E-state index is -0.776. The molecule has 0 aliphatic rings. The van der Waals surface area contributed by atoms with Gasteiger partial charge in [-0.2, -0.15) is 0 Å². The van der Waals surface area contributed by atoms with Crippen LogP contribution in [0, 0.1) is 0 Å². The van der Waals surface area contributed by atoms with Crippen LogP contribution in [0.15, 0.2) is 30.3 Å². The average Bonchev–Trinajstić information content (AvgIpc) is 2.36. The Morgan fingerprint density at radius 1 is 1.37 bits per heavy atom. The van der Waals surface area contributed by atoms with Crippen molar-refractivity contribution in [2.45, 2.75) is 26.2 Å². The van der Waals surface area contributed by atoms with Crippen LogP contribution >= 0.6 is 11.8 Å². The van der Waals surface area contributed by atoms with E-state index in [-0.39, 0.29) is 11.5 Å². The second kappa shape index (κ2) is 8.53. The summed E-state index contributed by atoms with van der Waals surface area (Å²) in [4.78, 5) is 21.3. The number of hydrogen-bond acceptors (Lipinski definition) is 3. The van der Waals surface area contributed by atoms with E-state index in [9.17, 15) is 9.59 Å². The van der Waals surface area contributed by atoms with Gasteiger partial charge >= 0.3 is 5.97 Å². The van der Waals surface area contributed by atoms with Gasteiger partial charge in [0.05, 0.1) is 0 Å². The van der Waals surface area contributed by atoms with Crippen LogP contribution in [-0.4, -0.2) is 21.9 Å². The highest BCUT2D eigenvalue weighted by Crippen LogP contribution is 2.11.